The number of aryl methyl sites for hydroxylation is 1. The lowest BCUT2D eigenvalue weighted by Crippen LogP contribution is -2.21. The maximum atomic E-state index is 6.16. The minimum atomic E-state index is 0.0532. The SMILES string of the molecule is Cc1nn(C(CN)c2cc(Br)cs2)c(C)c1Cl. The second kappa shape index (κ2) is 5.10. The second-order valence-electron chi connectivity index (χ2n) is 3.85. The number of rotatable bonds is 3. The fraction of sp³-hybridized carbons (Fsp3) is 0.364. The molecule has 6 heteroatoms. The van der Waals surface area contributed by atoms with E-state index in [4.69, 9.17) is 17.3 Å². The van der Waals surface area contributed by atoms with Gasteiger partial charge >= 0.3 is 0 Å². The van der Waals surface area contributed by atoms with E-state index in [1.54, 1.807) is 11.3 Å². The lowest BCUT2D eigenvalue weighted by atomic mass is 10.2. The Hall–Kier alpha value is -0.360. The summed E-state index contributed by atoms with van der Waals surface area (Å²) in [5.74, 6) is 0. The first-order valence-electron chi connectivity index (χ1n) is 5.19. The van der Waals surface area contributed by atoms with Gasteiger partial charge in [-0.15, -0.1) is 11.3 Å². The van der Waals surface area contributed by atoms with Gasteiger partial charge < -0.3 is 5.73 Å². The predicted octanol–water partition coefficient (Wildman–Crippen LogP) is 3.53. The summed E-state index contributed by atoms with van der Waals surface area (Å²) in [6, 6.07) is 2.13. The van der Waals surface area contributed by atoms with Gasteiger partial charge in [-0.25, -0.2) is 0 Å². The van der Waals surface area contributed by atoms with E-state index in [9.17, 15) is 0 Å². The molecule has 0 aromatic carbocycles. The summed E-state index contributed by atoms with van der Waals surface area (Å²) < 4.78 is 2.99. The van der Waals surface area contributed by atoms with Gasteiger partial charge in [0.2, 0.25) is 0 Å². The first-order valence-corrected chi connectivity index (χ1v) is 7.25. The van der Waals surface area contributed by atoms with Crippen molar-refractivity contribution in [2.24, 2.45) is 5.73 Å². The molecule has 0 saturated carbocycles. The third kappa shape index (κ3) is 2.42. The van der Waals surface area contributed by atoms with Gasteiger partial charge in [-0.2, -0.15) is 5.10 Å². The highest BCUT2D eigenvalue weighted by Gasteiger charge is 2.19. The highest BCUT2D eigenvalue weighted by molar-refractivity contribution is 9.10. The molecule has 2 rings (SSSR count). The summed E-state index contributed by atoms with van der Waals surface area (Å²) in [6.45, 7) is 4.38. The van der Waals surface area contributed by atoms with Crippen LogP contribution < -0.4 is 5.73 Å². The molecule has 2 heterocycles. The zero-order chi connectivity index (χ0) is 12.6. The lowest BCUT2D eigenvalue weighted by molar-refractivity contribution is 0.524. The Bertz CT molecular complexity index is 535. The van der Waals surface area contributed by atoms with Crippen molar-refractivity contribution in [3.05, 3.63) is 37.2 Å². The van der Waals surface area contributed by atoms with Gasteiger partial charge in [0.05, 0.1) is 22.5 Å². The average Bonchev–Trinajstić information content (AvgIpc) is 2.82. The van der Waals surface area contributed by atoms with Crippen LogP contribution in [0.3, 0.4) is 0 Å². The number of aromatic nitrogens is 2. The monoisotopic (exact) mass is 333 g/mol. The van der Waals surface area contributed by atoms with Crippen LogP contribution >= 0.6 is 38.9 Å². The summed E-state index contributed by atoms with van der Waals surface area (Å²) in [5, 5.41) is 7.23. The molecule has 17 heavy (non-hydrogen) atoms. The number of halogens is 2. The quantitative estimate of drug-likeness (QED) is 0.933. The number of thiophene rings is 1. The zero-order valence-corrected chi connectivity index (χ0v) is 12.7. The van der Waals surface area contributed by atoms with Crippen molar-refractivity contribution < 1.29 is 0 Å². The molecule has 0 saturated heterocycles. The average molecular weight is 335 g/mol. The van der Waals surface area contributed by atoms with Gasteiger partial charge in [0.1, 0.15) is 0 Å². The second-order valence-corrected chi connectivity index (χ2v) is 6.08. The topological polar surface area (TPSA) is 43.8 Å². The Morgan fingerprint density at radius 2 is 2.29 bits per heavy atom. The molecule has 0 spiro atoms. The molecule has 0 aliphatic heterocycles. The summed E-state index contributed by atoms with van der Waals surface area (Å²) in [6.07, 6.45) is 0. The van der Waals surface area contributed by atoms with Crippen LogP contribution in [0.25, 0.3) is 0 Å². The molecule has 1 atom stereocenters. The summed E-state index contributed by atoms with van der Waals surface area (Å²) >= 11 is 11.3. The highest BCUT2D eigenvalue weighted by Crippen LogP contribution is 2.30. The molecule has 3 nitrogen and oxygen atoms in total. The van der Waals surface area contributed by atoms with Gasteiger partial charge in [0.25, 0.3) is 0 Å². The standard InChI is InChI=1S/C11H13BrClN3S/c1-6-11(13)7(2)16(15-6)9(4-14)10-3-8(12)5-17-10/h3,5,9H,4,14H2,1-2H3. The maximum Gasteiger partial charge on any atom is 0.0986 e. The van der Waals surface area contributed by atoms with Crippen molar-refractivity contribution in [2.45, 2.75) is 19.9 Å². The summed E-state index contributed by atoms with van der Waals surface area (Å²) in [4.78, 5) is 1.18. The largest absolute Gasteiger partial charge is 0.328 e. The molecule has 92 valence electrons. The van der Waals surface area contributed by atoms with E-state index in [-0.39, 0.29) is 6.04 Å². The molecule has 0 fully saturated rings. The molecule has 0 bridgehead atoms. The Morgan fingerprint density at radius 3 is 2.71 bits per heavy atom. The van der Waals surface area contributed by atoms with E-state index in [0.717, 1.165) is 20.9 Å². The first-order chi connectivity index (χ1) is 8.04. The van der Waals surface area contributed by atoms with Crippen molar-refractivity contribution in [3.8, 4) is 0 Å². The van der Waals surface area contributed by atoms with E-state index < -0.39 is 0 Å². The van der Waals surface area contributed by atoms with Crippen molar-refractivity contribution in [2.75, 3.05) is 6.54 Å². The van der Waals surface area contributed by atoms with Crippen molar-refractivity contribution >= 4 is 38.9 Å². The summed E-state index contributed by atoms with van der Waals surface area (Å²) in [5.41, 5.74) is 7.67. The first kappa shape index (κ1) is 13.1. The number of hydrogen-bond acceptors (Lipinski definition) is 3. The minimum Gasteiger partial charge on any atom is -0.328 e. The van der Waals surface area contributed by atoms with Gasteiger partial charge in [0, 0.05) is 21.3 Å². The lowest BCUT2D eigenvalue weighted by Gasteiger charge is -2.15. The van der Waals surface area contributed by atoms with E-state index >= 15 is 0 Å². The van der Waals surface area contributed by atoms with E-state index in [1.165, 1.54) is 4.88 Å². The van der Waals surface area contributed by atoms with Crippen LogP contribution in [0, 0.1) is 13.8 Å². The Balaban J connectivity index is 2.45. The molecular formula is C11H13BrClN3S. The van der Waals surface area contributed by atoms with Crippen molar-refractivity contribution in [3.63, 3.8) is 0 Å². The third-order valence-electron chi connectivity index (χ3n) is 2.67. The smallest absolute Gasteiger partial charge is 0.0986 e. The van der Waals surface area contributed by atoms with E-state index in [1.807, 2.05) is 23.9 Å². The van der Waals surface area contributed by atoms with Crippen LogP contribution in [0.15, 0.2) is 15.9 Å². The fourth-order valence-corrected chi connectivity index (χ4v) is 3.45. The van der Waals surface area contributed by atoms with Crippen LogP contribution in [-0.4, -0.2) is 16.3 Å². The van der Waals surface area contributed by atoms with Crippen LogP contribution in [0.2, 0.25) is 5.02 Å². The predicted molar refractivity (Wildman–Crippen MR) is 75.9 cm³/mol. The zero-order valence-electron chi connectivity index (χ0n) is 9.58. The van der Waals surface area contributed by atoms with Crippen LogP contribution in [0.4, 0.5) is 0 Å². The Labute approximate surface area is 118 Å². The molecular weight excluding hydrogens is 322 g/mol. The molecule has 2 N–H and O–H groups in total. The molecule has 2 aromatic heterocycles. The number of nitrogens with zero attached hydrogens (tertiary/aromatic N) is 2. The molecule has 0 aliphatic rings. The Morgan fingerprint density at radius 1 is 1.59 bits per heavy atom. The third-order valence-corrected chi connectivity index (χ3v) is 5.01. The maximum absolute atomic E-state index is 6.16. The molecule has 0 amide bonds. The number of nitrogens with two attached hydrogens (primary N) is 1. The Kier molecular flexibility index (Phi) is 3.92. The molecule has 0 radical (unpaired) electrons. The van der Waals surface area contributed by atoms with Gasteiger partial charge in [0.15, 0.2) is 0 Å². The molecule has 0 aliphatic carbocycles. The molecule has 2 aromatic rings. The van der Waals surface area contributed by atoms with Gasteiger partial charge in [-0.3, -0.25) is 4.68 Å². The molecule has 1 unspecified atom stereocenters. The van der Waals surface area contributed by atoms with Crippen molar-refractivity contribution in [1.82, 2.24) is 9.78 Å². The van der Waals surface area contributed by atoms with Gasteiger partial charge in [-0.1, -0.05) is 11.6 Å². The fourth-order valence-electron chi connectivity index (χ4n) is 1.79. The van der Waals surface area contributed by atoms with Gasteiger partial charge in [-0.05, 0) is 35.8 Å². The van der Waals surface area contributed by atoms with Crippen molar-refractivity contribution in [1.29, 1.82) is 0 Å². The normalized spacial score (nSPS) is 13.0. The van der Waals surface area contributed by atoms with Crippen LogP contribution in [0.5, 0.6) is 0 Å². The van der Waals surface area contributed by atoms with E-state index in [2.05, 4.69) is 27.1 Å². The number of hydrogen-bond donors (Lipinski definition) is 1. The summed E-state index contributed by atoms with van der Waals surface area (Å²) in [7, 11) is 0. The van der Waals surface area contributed by atoms with Crippen LogP contribution in [0.1, 0.15) is 22.3 Å². The van der Waals surface area contributed by atoms with Crippen LogP contribution in [-0.2, 0) is 0 Å². The van der Waals surface area contributed by atoms with E-state index in [0.29, 0.717) is 6.54 Å². The minimum absolute atomic E-state index is 0.0532. The highest BCUT2D eigenvalue weighted by atomic mass is 79.9.